The lowest BCUT2D eigenvalue weighted by atomic mass is 9.74. The van der Waals surface area contributed by atoms with Crippen LogP contribution in [0.25, 0.3) is 11.1 Å². The van der Waals surface area contributed by atoms with Crippen molar-refractivity contribution in [2.24, 2.45) is 11.3 Å². The van der Waals surface area contributed by atoms with E-state index < -0.39 is 23.0 Å². The van der Waals surface area contributed by atoms with Gasteiger partial charge in [-0.25, -0.2) is 4.79 Å². The molecule has 2 amide bonds. The minimum Gasteiger partial charge on any atom is -0.481 e. The predicted molar refractivity (Wildman–Crippen MR) is 124 cm³/mol. The molecule has 1 heterocycles. The zero-order valence-corrected chi connectivity index (χ0v) is 19.0. The van der Waals surface area contributed by atoms with Crippen molar-refractivity contribution < 1.29 is 24.2 Å². The van der Waals surface area contributed by atoms with Crippen LogP contribution < -0.4 is 5.32 Å². The summed E-state index contributed by atoms with van der Waals surface area (Å²) in [5, 5.41) is 12.5. The molecule has 0 spiro atoms. The third-order valence-corrected chi connectivity index (χ3v) is 8.44. The number of likely N-dealkylation sites (tertiary alicyclic amines) is 1. The summed E-state index contributed by atoms with van der Waals surface area (Å²) in [5.41, 5.74) is 3.34. The molecule has 2 aromatic carbocycles. The third kappa shape index (κ3) is 3.29. The van der Waals surface area contributed by atoms with E-state index in [4.69, 9.17) is 4.74 Å². The zero-order valence-electron chi connectivity index (χ0n) is 19.0. The molecule has 1 saturated heterocycles. The summed E-state index contributed by atoms with van der Waals surface area (Å²) in [4.78, 5) is 39.0. The lowest BCUT2D eigenvalue weighted by Gasteiger charge is -2.42. The van der Waals surface area contributed by atoms with Crippen LogP contribution in [-0.4, -0.2) is 53.2 Å². The Morgan fingerprint density at radius 2 is 1.68 bits per heavy atom. The lowest BCUT2D eigenvalue weighted by Crippen LogP contribution is -2.56. The Morgan fingerprint density at radius 1 is 1.03 bits per heavy atom. The van der Waals surface area contributed by atoms with Crippen LogP contribution in [-0.2, 0) is 14.3 Å². The van der Waals surface area contributed by atoms with Gasteiger partial charge in [-0.2, -0.15) is 0 Å². The molecule has 6 rings (SSSR count). The van der Waals surface area contributed by atoms with E-state index in [9.17, 15) is 19.5 Å². The van der Waals surface area contributed by atoms with Crippen LogP contribution in [0.3, 0.4) is 0 Å². The number of hydrogen-bond acceptors (Lipinski definition) is 4. The first kappa shape index (κ1) is 21.2. The molecule has 4 aliphatic rings. The second-order valence-corrected chi connectivity index (χ2v) is 10.4. The van der Waals surface area contributed by atoms with Crippen LogP contribution in [0.5, 0.6) is 0 Å². The highest BCUT2D eigenvalue weighted by Gasteiger charge is 2.66. The van der Waals surface area contributed by atoms with Crippen LogP contribution in [0.4, 0.5) is 4.79 Å². The van der Waals surface area contributed by atoms with Crippen LogP contribution in [0, 0.1) is 11.3 Å². The Kier molecular flexibility index (Phi) is 4.73. The summed E-state index contributed by atoms with van der Waals surface area (Å²) < 4.78 is 5.70. The number of piperidine rings is 1. The standard InChI is InChI=1S/C27H28N2O5/c30-23(29-14-17-12-27(17,16-29)24(31)32)13-26(10-5-11-26)28-25(33)34-15-22-20-8-3-1-6-18(20)19-7-2-4-9-21(19)22/h1-4,6-9,17,22H,5,10-16H2,(H,28,33)(H,31,32). The summed E-state index contributed by atoms with van der Waals surface area (Å²) in [7, 11) is 0. The van der Waals surface area contributed by atoms with Crippen molar-refractivity contribution in [1.29, 1.82) is 0 Å². The molecule has 7 heteroatoms. The fourth-order valence-corrected chi connectivity index (χ4v) is 6.21. The first-order chi connectivity index (χ1) is 16.4. The number of hydrogen-bond donors (Lipinski definition) is 2. The maximum atomic E-state index is 12.9. The van der Waals surface area contributed by atoms with Crippen molar-refractivity contribution in [3.05, 3.63) is 59.7 Å². The van der Waals surface area contributed by atoms with E-state index in [0.29, 0.717) is 13.0 Å². The first-order valence-electron chi connectivity index (χ1n) is 12.1. The van der Waals surface area contributed by atoms with Gasteiger partial charge in [0.1, 0.15) is 6.61 Å². The summed E-state index contributed by atoms with van der Waals surface area (Å²) in [5.74, 6) is -0.823. The average molecular weight is 461 g/mol. The van der Waals surface area contributed by atoms with Crippen LogP contribution in [0.1, 0.15) is 49.1 Å². The third-order valence-electron chi connectivity index (χ3n) is 8.44. The molecule has 2 N–H and O–H groups in total. The lowest BCUT2D eigenvalue weighted by molar-refractivity contribution is -0.144. The van der Waals surface area contributed by atoms with E-state index in [1.54, 1.807) is 4.90 Å². The molecule has 3 aliphatic carbocycles. The largest absolute Gasteiger partial charge is 0.481 e. The van der Waals surface area contributed by atoms with E-state index >= 15 is 0 Å². The predicted octanol–water partition coefficient (Wildman–Crippen LogP) is 3.77. The van der Waals surface area contributed by atoms with Crippen LogP contribution in [0.15, 0.2) is 48.5 Å². The Hall–Kier alpha value is -3.35. The number of alkyl carbamates (subject to hydrolysis) is 1. The molecule has 3 fully saturated rings. The summed E-state index contributed by atoms with van der Waals surface area (Å²) in [6, 6.07) is 16.4. The molecule has 2 saturated carbocycles. The number of carbonyl (C=O) groups is 3. The quantitative estimate of drug-likeness (QED) is 0.684. The van der Waals surface area contributed by atoms with Gasteiger partial charge in [-0.1, -0.05) is 48.5 Å². The highest BCUT2D eigenvalue weighted by atomic mass is 16.5. The summed E-state index contributed by atoms with van der Waals surface area (Å²) >= 11 is 0. The second-order valence-electron chi connectivity index (χ2n) is 10.4. The molecule has 7 nitrogen and oxygen atoms in total. The zero-order chi connectivity index (χ0) is 23.5. The van der Waals surface area contributed by atoms with Crippen molar-refractivity contribution in [3.8, 4) is 11.1 Å². The second kappa shape index (κ2) is 7.58. The average Bonchev–Trinajstić information content (AvgIpc) is 3.24. The van der Waals surface area contributed by atoms with E-state index in [0.717, 1.165) is 30.4 Å². The Labute approximate surface area is 198 Å². The Morgan fingerprint density at radius 3 is 2.24 bits per heavy atom. The topological polar surface area (TPSA) is 95.9 Å². The Bertz CT molecular complexity index is 1140. The highest BCUT2D eigenvalue weighted by Crippen LogP contribution is 2.58. The number of rotatable bonds is 6. The Balaban J connectivity index is 1.08. The highest BCUT2D eigenvalue weighted by molar-refractivity contribution is 5.85. The molecular formula is C27H28N2O5. The van der Waals surface area contributed by atoms with Crippen molar-refractivity contribution in [1.82, 2.24) is 10.2 Å². The molecule has 1 aliphatic heterocycles. The molecule has 34 heavy (non-hydrogen) atoms. The van der Waals surface area contributed by atoms with Crippen LogP contribution in [0.2, 0.25) is 0 Å². The van der Waals surface area contributed by atoms with Gasteiger partial charge in [-0.15, -0.1) is 0 Å². The number of aliphatic carboxylic acids is 1. The van der Waals surface area contributed by atoms with Crippen molar-refractivity contribution in [3.63, 3.8) is 0 Å². The van der Waals surface area contributed by atoms with Gasteiger partial charge in [0.15, 0.2) is 0 Å². The van der Waals surface area contributed by atoms with Gasteiger partial charge in [0.2, 0.25) is 5.91 Å². The van der Waals surface area contributed by atoms with Gasteiger partial charge in [0, 0.05) is 19.0 Å². The number of ether oxygens (including phenoxy) is 1. The SMILES string of the molecule is O=C(NC1(CC(=O)N2CC3CC3(C(=O)O)C2)CCC1)OCC1c2ccccc2-c2ccccc21. The van der Waals surface area contributed by atoms with Gasteiger partial charge in [-0.05, 0) is 53.9 Å². The van der Waals surface area contributed by atoms with E-state index in [2.05, 4.69) is 29.6 Å². The van der Waals surface area contributed by atoms with Crippen molar-refractivity contribution >= 4 is 18.0 Å². The van der Waals surface area contributed by atoms with Gasteiger partial charge in [0.25, 0.3) is 0 Å². The maximum Gasteiger partial charge on any atom is 0.407 e. The van der Waals surface area contributed by atoms with Crippen molar-refractivity contribution in [2.75, 3.05) is 19.7 Å². The van der Waals surface area contributed by atoms with Crippen molar-refractivity contribution in [2.45, 2.75) is 43.6 Å². The fourth-order valence-electron chi connectivity index (χ4n) is 6.21. The smallest absolute Gasteiger partial charge is 0.407 e. The number of nitrogens with one attached hydrogen (secondary N) is 1. The summed E-state index contributed by atoms with van der Waals surface area (Å²) in [6.45, 7) is 1.03. The molecule has 2 atom stereocenters. The van der Waals surface area contributed by atoms with Gasteiger partial charge < -0.3 is 20.1 Å². The van der Waals surface area contributed by atoms with Gasteiger partial charge >= 0.3 is 12.1 Å². The normalized spacial score (nSPS) is 25.5. The number of amides is 2. The maximum absolute atomic E-state index is 12.9. The summed E-state index contributed by atoms with van der Waals surface area (Å²) in [6.07, 6.45) is 2.75. The molecule has 0 bridgehead atoms. The number of nitrogens with zero attached hydrogens (tertiary/aromatic N) is 1. The number of carboxylic acids is 1. The monoisotopic (exact) mass is 460 g/mol. The van der Waals surface area contributed by atoms with Crippen LogP contribution >= 0.6 is 0 Å². The van der Waals surface area contributed by atoms with E-state index in [-0.39, 0.29) is 37.3 Å². The van der Waals surface area contributed by atoms with Gasteiger partial charge in [-0.3, -0.25) is 9.59 Å². The first-order valence-corrected chi connectivity index (χ1v) is 12.1. The number of benzene rings is 2. The van der Waals surface area contributed by atoms with E-state index in [1.165, 1.54) is 11.1 Å². The molecule has 2 unspecified atom stereocenters. The minimum absolute atomic E-state index is 0.0133. The minimum atomic E-state index is -0.803. The number of carboxylic acid groups (broad SMARTS) is 1. The molecule has 176 valence electrons. The fraction of sp³-hybridized carbons (Fsp3) is 0.444. The number of fused-ring (bicyclic) bond motifs is 4. The molecule has 2 aromatic rings. The van der Waals surface area contributed by atoms with E-state index in [1.807, 2.05) is 24.3 Å². The number of carbonyl (C=O) groups excluding carboxylic acids is 2. The van der Waals surface area contributed by atoms with Gasteiger partial charge in [0.05, 0.1) is 17.4 Å². The molecule has 0 aromatic heterocycles. The molecular weight excluding hydrogens is 432 g/mol. The molecule has 0 radical (unpaired) electrons.